The van der Waals surface area contributed by atoms with E-state index in [1.165, 1.54) is 6.07 Å². The van der Waals surface area contributed by atoms with Gasteiger partial charge in [-0.05, 0) is 36.4 Å². The molecule has 0 spiro atoms. The molecule has 4 nitrogen and oxygen atoms in total. The standard InChI is InChI=1S/C14H9NO3/c16-10-4-5-13-9(7-10)8-11(14(17)18-13)12-3-1-2-6-15-12/h1-8,16H. The molecule has 4 heteroatoms. The van der Waals surface area contributed by atoms with Gasteiger partial charge < -0.3 is 9.52 Å². The van der Waals surface area contributed by atoms with E-state index in [0.29, 0.717) is 22.2 Å². The first-order valence-corrected chi connectivity index (χ1v) is 5.42. The van der Waals surface area contributed by atoms with Crippen molar-refractivity contribution in [2.75, 3.05) is 0 Å². The van der Waals surface area contributed by atoms with Crippen LogP contribution in [0.4, 0.5) is 0 Å². The fourth-order valence-corrected chi connectivity index (χ4v) is 1.81. The highest BCUT2D eigenvalue weighted by Gasteiger charge is 2.08. The van der Waals surface area contributed by atoms with Gasteiger partial charge in [-0.25, -0.2) is 4.79 Å². The molecule has 0 aliphatic rings. The number of nitrogens with zero attached hydrogens (tertiary/aromatic N) is 1. The summed E-state index contributed by atoms with van der Waals surface area (Å²) in [5, 5.41) is 10.1. The van der Waals surface area contributed by atoms with Gasteiger partial charge in [0.2, 0.25) is 0 Å². The summed E-state index contributed by atoms with van der Waals surface area (Å²) in [4.78, 5) is 16.0. The van der Waals surface area contributed by atoms with E-state index in [4.69, 9.17) is 4.42 Å². The number of phenols is 1. The number of aromatic hydroxyl groups is 1. The maximum Gasteiger partial charge on any atom is 0.345 e. The summed E-state index contributed by atoms with van der Waals surface area (Å²) in [7, 11) is 0. The fourth-order valence-electron chi connectivity index (χ4n) is 1.81. The van der Waals surface area contributed by atoms with Crippen LogP contribution in [0.3, 0.4) is 0 Å². The normalized spacial score (nSPS) is 10.7. The van der Waals surface area contributed by atoms with Gasteiger partial charge in [0.15, 0.2) is 0 Å². The molecule has 0 aliphatic carbocycles. The van der Waals surface area contributed by atoms with Crippen molar-refractivity contribution in [3.05, 3.63) is 59.1 Å². The Morgan fingerprint density at radius 3 is 2.78 bits per heavy atom. The Labute approximate surface area is 102 Å². The van der Waals surface area contributed by atoms with Crippen LogP contribution in [0.15, 0.2) is 57.9 Å². The molecule has 1 N–H and O–H groups in total. The predicted molar refractivity (Wildman–Crippen MR) is 67.4 cm³/mol. The van der Waals surface area contributed by atoms with Crippen molar-refractivity contribution in [3.63, 3.8) is 0 Å². The number of phenolic OH excluding ortho intramolecular Hbond substituents is 1. The highest BCUT2D eigenvalue weighted by molar-refractivity contribution is 5.82. The third kappa shape index (κ3) is 1.73. The van der Waals surface area contributed by atoms with E-state index in [9.17, 15) is 9.90 Å². The van der Waals surface area contributed by atoms with Crippen molar-refractivity contribution in [3.8, 4) is 17.0 Å². The van der Waals surface area contributed by atoms with Crippen molar-refractivity contribution in [1.82, 2.24) is 4.98 Å². The minimum Gasteiger partial charge on any atom is -0.508 e. The van der Waals surface area contributed by atoms with Gasteiger partial charge in [0.25, 0.3) is 0 Å². The van der Waals surface area contributed by atoms with Crippen LogP contribution in [0.1, 0.15) is 0 Å². The Morgan fingerprint density at radius 2 is 2.00 bits per heavy atom. The summed E-state index contributed by atoms with van der Waals surface area (Å²) < 4.78 is 5.20. The second-order valence-corrected chi connectivity index (χ2v) is 3.88. The van der Waals surface area contributed by atoms with Crippen molar-refractivity contribution in [2.45, 2.75) is 0 Å². The number of pyridine rings is 1. The zero-order chi connectivity index (χ0) is 12.5. The molecule has 0 amide bonds. The molecule has 88 valence electrons. The van der Waals surface area contributed by atoms with Crippen molar-refractivity contribution in [2.24, 2.45) is 0 Å². The smallest absolute Gasteiger partial charge is 0.345 e. The molecule has 3 rings (SSSR count). The average molecular weight is 239 g/mol. The number of hydrogen-bond donors (Lipinski definition) is 1. The molecule has 0 saturated carbocycles. The van der Waals surface area contributed by atoms with E-state index in [1.807, 2.05) is 0 Å². The van der Waals surface area contributed by atoms with Crippen LogP contribution in [-0.4, -0.2) is 10.1 Å². The molecule has 0 unspecified atom stereocenters. The third-order valence-corrected chi connectivity index (χ3v) is 2.66. The highest BCUT2D eigenvalue weighted by Crippen LogP contribution is 2.22. The van der Waals surface area contributed by atoms with E-state index in [2.05, 4.69) is 4.98 Å². The number of rotatable bonds is 1. The number of fused-ring (bicyclic) bond motifs is 1. The van der Waals surface area contributed by atoms with E-state index >= 15 is 0 Å². The Bertz CT molecular complexity index is 763. The van der Waals surface area contributed by atoms with Gasteiger partial charge in [0.1, 0.15) is 11.3 Å². The molecule has 0 atom stereocenters. The van der Waals surface area contributed by atoms with Crippen molar-refractivity contribution >= 4 is 11.0 Å². The summed E-state index contributed by atoms with van der Waals surface area (Å²) in [5.74, 6) is 0.128. The van der Waals surface area contributed by atoms with Crippen LogP contribution in [-0.2, 0) is 0 Å². The maximum absolute atomic E-state index is 11.8. The van der Waals surface area contributed by atoms with Gasteiger partial charge in [-0.1, -0.05) is 6.07 Å². The van der Waals surface area contributed by atoms with E-state index in [0.717, 1.165) is 0 Å². The summed E-state index contributed by atoms with van der Waals surface area (Å²) in [6.45, 7) is 0. The summed E-state index contributed by atoms with van der Waals surface area (Å²) in [6.07, 6.45) is 1.61. The summed E-state index contributed by atoms with van der Waals surface area (Å²) >= 11 is 0. The van der Waals surface area contributed by atoms with E-state index in [-0.39, 0.29) is 5.75 Å². The molecule has 0 saturated heterocycles. The molecular weight excluding hydrogens is 230 g/mol. The first kappa shape index (κ1) is 10.5. The molecule has 2 aromatic heterocycles. The first-order valence-electron chi connectivity index (χ1n) is 5.42. The lowest BCUT2D eigenvalue weighted by Gasteiger charge is -2.01. The topological polar surface area (TPSA) is 63.3 Å². The van der Waals surface area contributed by atoms with E-state index < -0.39 is 5.63 Å². The summed E-state index contributed by atoms with van der Waals surface area (Å²) in [6, 6.07) is 11.6. The lowest BCUT2D eigenvalue weighted by Crippen LogP contribution is -2.03. The lowest BCUT2D eigenvalue weighted by molar-refractivity contribution is 0.475. The Kier molecular flexibility index (Phi) is 2.34. The SMILES string of the molecule is O=c1oc2ccc(O)cc2cc1-c1ccccn1. The van der Waals surface area contributed by atoms with Gasteiger partial charge in [0.05, 0.1) is 11.3 Å². The van der Waals surface area contributed by atoms with Gasteiger partial charge in [0, 0.05) is 11.6 Å². The molecule has 0 aliphatic heterocycles. The van der Waals surface area contributed by atoms with Crippen LogP contribution >= 0.6 is 0 Å². The second kappa shape index (κ2) is 4.00. The lowest BCUT2D eigenvalue weighted by atomic mass is 10.1. The van der Waals surface area contributed by atoms with Crippen LogP contribution in [0.5, 0.6) is 5.75 Å². The van der Waals surface area contributed by atoms with Gasteiger partial charge in [-0.3, -0.25) is 4.98 Å². The number of hydrogen-bond acceptors (Lipinski definition) is 4. The third-order valence-electron chi connectivity index (χ3n) is 2.66. The predicted octanol–water partition coefficient (Wildman–Crippen LogP) is 2.56. The molecule has 0 radical (unpaired) electrons. The molecule has 0 bridgehead atoms. The quantitative estimate of drug-likeness (QED) is 0.663. The van der Waals surface area contributed by atoms with Gasteiger partial charge >= 0.3 is 5.63 Å². The summed E-state index contributed by atoms with van der Waals surface area (Å²) in [5.41, 5.74) is 0.939. The molecule has 0 fully saturated rings. The maximum atomic E-state index is 11.8. The fraction of sp³-hybridized carbons (Fsp3) is 0. The molecule has 2 heterocycles. The zero-order valence-electron chi connectivity index (χ0n) is 9.33. The van der Waals surface area contributed by atoms with Gasteiger partial charge in [-0.2, -0.15) is 0 Å². The monoisotopic (exact) mass is 239 g/mol. The van der Waals surface area contributed by atoms with Crippen LogP contribution in [0.2, 0.25) is 0 Å². The van der Waals surface area contributed by atoms with Crippen LogP contribution in [0, 0.1) is 0 Å². The van der Waals surface area contributed by atoms with Crippen LogP contribution < -0.4 is 5.63 Å². The average Bonchev–Trinajstić information content (AvgIpc) is 2.39. The minimum absolute atomic E-state index is 0.128. The van der Waals surface area contributed by atoms with Crippen LogP contribution in [0.25, 0.3) is 22.2 Å². The zero-order valence-corrected chi connectivity index (χ0v) is 9.33. The Morgan fingerprint density at radius 1 is 1.11 bits per heavy atom. The van der Waals surface area contributed by atoms with Crippen molar-refractivity contribution in [1.29, 1.82) is 0 Å². The van der Waals surface area contributed by atoms with Gasteiger partial charge in [-0.15, -0.1) is 0 Å². The van der Waals surface area contributed by atoms with E-state index in [1.54, 1.807) is 42.6 Å². The highest BCUT2D eigenvalue weighted by atomic mass is 16.4. The Balaban J connectivity index is 2.31. The minimum atomic E-state index is -0.438. The Hall–Kier alpha value is -2.62. The second-order valence-electron chi connectivity index (χ2n) is 3.88. The first-order chi connectivity index (χ1) is 8.74. The number of benzene rings is 1. The van der Waals surface area contributed by atoms with Crippen molar-refractivity contribution < 1.29 is 9.52 Å². The largest absolute Gasteiger partial charge is 0.508 e. The molecule has 1 aromatic carbocycles. The molecule has 3 aromatic rings. The molecular formula is C14H9NO3. The number of aromatic nitrogens is 1. The molecule has 18 heavy (non-hydrogen) atoms.